The molecule has 1 atom stereocenters. The van der Waals surface area contributed by atoms with Crippen molar-refractivity contribution in [3.63, 3.8) is 0 Å². The SMILES string of the molecule is CC.CC.COCCC(C)COC1CCCCC1.O=CS. The maximum absolute atomic E-state index is 8.67. The number of carbonyl (C=O) groups excluding carboxylic acids is 1. The van der Waals surface area contributed by atoms with Crippen molar-refractivity contribution in [2.75, 3.05) is 20.3 Å². The van der Waals surface area contributed by atoms with Gasteiger partial charge in [0.05, 0.1) is 6.10 Å². The number of methoxy groups -OCH3 is 1. The van der Waals surface area contributed by atoms with Gasteiger partial charge in [0.15, 0.2) is 5.62 Å². The van der Waals surface area contributed by atoms with E-state index in [0.717, 1.165) is 19.6 Å². The lowest BCUT2D eigenvalue weighted by Crippen LogP contribution is -2.20. The van der Waals surface area contributed by atoms with E-state index in [1.807, 2.05) is 27.7 Å². The van der Waals surface area contributed by atoms with E-state index in [1.165, 1.54) is 32.1 Å². The highest BCUT2D eigenvalue weighted by Crippen LogP contribution is 2.21. The summed E-state index contributed by atoms with van der Waals surface area (Å²) >= 11 is 3.11. The summed E-state index contributed by atoms with van der Waals surface area (Å²) < 4.78 is 10.9. The van der Waals surface area contributed by atoms with Crippen LogP contribution in [0.2, 0.25) is 0 Å². The predicted molar refractivity (Wildman–Crippen MR) is 96.9 cm³/mol. The Kier molecular flexibility index (Phi) is 30.7. The lowest BCUT2D eigenvalue weighted by atomic mass is 9.97. The molecule has 21 heavy (non-hydrogen) atoms. The van der Waals surface area contributed by atoms with Gasteiger partial charge >= 0.3 is 0 Å². The van der Waals surface area contributed by atoms with Crippen LogP contribution < -0.4 is 0 Å². The second-order valence-corrected chi connectivity index (χ2v) is 4.80. The lowest BCUT2D eigenvalue weighted by molar-refractivity contribution is 0.00559. The Labute approximate surface area is 138 Å². The number of thiol groups is 1. The second-order valence-electron chi connectivity index (χ2n) is 4.59. The van der Waals surface area contributed by atoms with Crippen molar-refractivity contribution >= 4 is 18.2 Å². The summed E-state index contributed by atoms with van der Waals surface area (Å²) in [4.78, 5) is 8.67. The molecule has 1 fully saturated rings. The van der Waals surface area contributed by atoms with Crippen molar-refractivity contribution in [3.8, 4) is 0 Å². The molecular formula is C17H38O3S. The smallest absolute Gasteiger partial charge is 0.173 e. The Morgan fingerprint density at radius 1 is 1.14 bits per heavy atom. The first-order chi connectivity index (χ1) is 10.2. The highest BCUT2D eigenvalue weighted by atomic mass is 32.1. The van der Waals surface area contributed by atoms with Gasteiger partial charge in [-0.15, -0.1) is 12.6 Å². The zero-order valence-corrected chi connectivity index (χ0v) is 16.0. The van der Waals surface area contributed by atoms with Gasteiger partial charge in [0.2, 0.25) is 0 Å². The summed E-state index contributed by atoms with van der Waals surface area (Å²) in [5.74, 6) is 0.636. The molecule has 0 amide bonds. The molecule has 0 aromatic carbocycles. The molecule has 0 heterocycles. The van der Waals surface area contributed by atoms with Crippen LogP contribution in [0.4, 0.5) is 0 Å². The standard InChI is InChI=1S/C12H24O2.2C2H6.CH2OS/c1-11(8-9-13-2)10-14-12-6-4-3-5-7-12;2*1-2;2-1-3/h11-12H,3-10H2,1-2H3;2*1-2H3;1H,(H,2,3). The topological polar surface area (TPSA) is 35.5 Å². The number of carbonyl (C=O) groups is 1. The molecule has 0 radical (unpaired) electrons. The van der Waals surface area contributed by atoms with Crippen molar-refractivity contribution in [3.05, 3.63) is 0 Å². The molecule has 0 aliphatic heterocycles. The van der Waals surface area contributed by atoms with Crippen LogP contribution in [-0.4, -0.2) is 32.0 Å². The van der Waals surface area contributed by atoms with E-state index in [-0.39, 0.29) is 0 Å². The molecule has 130 valence electrons. The van der Waals surface area contributed by atoms with Crippen molar-refractivity contribution in [2.45, 2.75) is 79.2 Å². The van der Waals surface area contributed by atoms with Crippen LogP contribution in [0.25, 0.3) is 0 Å². The van der Waals surface area contributed by atoms with Gasteiger partial charge in [-0.25, -0.2) is 0 Å². The normalized spacial score (nSPS) is 15.2. The number of rotatable bonds is 6. The van der Waals surface area contributed by atoms with Gasteiger partial charge in [0, 0.05) is 20.3 Å². The molecule has 1 aliphatic rings. The predicted octanol–water partition coefficient (Wildman–Crippen LogP) is 5.17. The number of hydrogen-bond acceptors (Lipinski definition) is 3. The second kappa shape index (κ2) is 24.9. The molecule has 1 rings (SSSR count). The Bertz CT molecular complexity index is 171. The fraction of sp³-hybridized carbons (Fsp3) is 0.941. The van der Waals surface area contributed by atoms with Crippen LogP contribution in [0.3, 0.4) is 0 Å². The largest absolute Gasteiger partial charge is 0.385 e. The van der Waals surface area contributed by atoms with E-state index in [1.54, 1.807) is 7.11 Å². The summed E-state index contributed by atoms with van der Waals surface area (Å²) in [6, 6.07) is 0. The third-order valence-corrected chi connectivity index (χ3v) is 2.98. The Balaban J connectivity index is -0.000000399. The molecule has 3 nitrogen and oxygen atoms in total. The third-order valence-electron chi connectivity index (χ3n) is 2.98. The Morgan fingerprint density at radius 2 is 1.62 bits per heavy atom. The van der Waals surface area contributed by atoms with Gasteiger partial charge < -0.3 is 9.47 Å². The molecule has 0 spiro atoms. The van der Waals surface area contributed by atoms with Crippen LogP contribution in [0.5, 0.6) is 0 Å². The fourth-order valence-electron chi connectivity index (χ4n) is 1.93. The Hall–Kier alpha value is -0.0600. The molecule has 1 aliphatic carbocycles. The van der Waals surface area contributed by atoms with E-state index >= 15 is 0 Å². The lowest BCUT2D eigenvalue weighted by Gasteiger charge is -2.23. The quantitative estimate of drug-likeness (QED) is 0.541. The van der Waals surface area contributed by atoms with Gasteiger partial charge in [0.25, 0.3) is 0 Å². The molecule has 1 unspecified atom stereocenters. The zero-order valence-electron chi connectivity index (χ0n) is 15.1. The molecule has 0 aromatic heterocycles. The Morgan fingerprint density at radius 3 is 2.05 bits per heavy atom. The summed E-state index contributed by atoms with van der Waals surface area (Å²) in [6.07, 6.45) is 8.33. The summed E-state index contributed by atoms with van der Waals surface area (Å²) in [5.41, 5.74) is 0.444. The molecule has 1 saturated carbocycles. The van der Waals surface area contributed by atoms with E-state index in [0.29, 0.717) is 17.6 Å². The first-order valence-corrected chi connectivity index (χ1v) is 8.94. The summed E-state index contributed by atoms with van der Waals surface area (Å²) in [7, 11) is 1.76. The van der Waals surface area contributed by atoms with Crippen LogP contribution >= 0.6 is 12.6 Å². The molecule has 0 saturated heterocycles. The molecule has 4 heteroatoms. The number of ether oxygens (including phenoxy) is 2. The van der Waals surface area contributed by atoms with E-state index in [4.69, 9.17) is 14.3 Å². The minimum atomic E-state index is 0.444. The minimum absolute atomic E-state index is 0.444. The monoisotopic (exact) mass is 322 g/mol. The van der Waals surface area contributed by atoms with Crippen molar-refractivity contribution in [1.82, 2.24) is 0 Å². The average molecular weight is 323 g/mol. The van der Waals surface area contributed by atoms with Gasteiger partial charge in [-0.1, -0.05) is 53.9 Å². The molecule has 0 bridgehead atoms. The van der Waals surface area contributed by atoms with E-state index in [9.17, 15) is 0 Å². The average Bonchev–Trinajstić information content (AvgIpc) is 2.56. The van der Waals surface area contributed by atoms with Gasteiger partial charge in [-0.3, -0.25) is 4.79 Å². The maximum Gasteiger partial charge on any atom is 0.173 e. The highest BCUT2D eigenvalue weighted by molar-refractivity contribution is 7.94. The van der Waals surface area contributed by atoms with Gasteiger partial charge in [0.1, 0.15) is 0 Å². The van der Waals surface area contributed by atoms with Crippen LogP contribution in [0, 0.1) is 5.92 Å². The van der Waals surface area contributed by atoms with Gasteiger partial charge in [-0.2, -0.15) is 0 Å². The van der Waals surface area contributed by atoms with Crippen LogP contribution in [-0.2, 0) is 14.3 Å². The van der Waals surface area contributed by atoms with Crippen molar-refractivity contribution in [1.29, 1.82) is 0 Å². The first kappa shape index (κ1) is 25.9. The molecule has 0 aromatic rings. The van der Waals surface area contributed by atoms with Crippen LogP contribution in [0.15, 0.2) is 0 Å². The maximum atomic E-state index is 8.67. The number of hydrogen-bond donors (Lipinski definition) is 1. The first-order valence-electron chi connectivity index (χ1n) is 8.43. The van der Waals surface area contributed by atoms with Crippen LogP contribution in [0.1, 0.15) is 73.1 Å². The minimum Gasteiger partial charge on any atom is -0.385 e. The highest BCUT2D eigenvalue weighted by Gasteiger charge is 2.14. The fourth-order valence-corrected chi connectivity index (χ4v) is 1.93. The summed E-state index contributed by atoms with van der Waals surface area (Å²) in [6.45, 7) is 12.0. The molecule has 0 N–H and O–H groups in total. The van der Waals surface area contributed by atoms with E-state index in [2.05, 4.69) is 19.6 Å². The van der Waals surface area contributed by atoms with E-state index < -0.39 is 0 Å². The van der Waals surface area contributed by atoms with Crippen molar-refractivity contribution in [2.24, 2.45) is 5.92 Å². The zero-order chi connectivity index (χ0) is 16.9. The van der Waals surface area contributed by atoms with Crippen molar-refractivity contribution < 1.29 is 14.3 Å². The third kappa shape index (κ3) is 22.4. The van der Waals surface area contributed by atoms with Gasteiger partial charge in [-0.05, 0) is 25.2 Å². The summed E-state index contributed by atoms with van der Waals surface area (Å²) in [5, 5.41) is 0. The molecular weight excluding hydrogens is 284 g/mol.